The Kier molecular flexibility index (Phi) is 2.91. The van der Waals surface area contributed by atoms with Gasteiger partial charge in [0.1, 0.15) is 0 Å². The summed E-state index contributed by atoms with van der Waals surface area (Å²) in [5.41, 5.74) is -0.678. The lowest BCUT2D eigenvalue weighted by Crippen LogP contribution is -2.08. The van der Waals surface area contributed by atoms with Gasteiger partial charge in [-0.05, 0) is 0 Å². The van der Waals surface area contributed by atoms with Crippen LogP contribution in [0.1, 0.15) is 0 Å². The summed E-state index contributed by atoms with van der Waals surface area (Å²) >= 11 is 0.874. The fraction of sp³-hybridized carbons (Fsp3) is 0.167. The van der Waals surface area contributed by atoms with Crippen LogP contribution in [-0.4, -0.2) is 31.9 Å². The van der Waals surface area contributed by atoms with Crippen LogP contribution < -0.4 is 5.56 Å². The van der Waals surface area contributed by atoms with Crippen LogP contribution >= 0.6 is 11.8 Å². The third-order valence-electron chi connectivity index (χ3n) is 1.09. The number of nitrogens with zero attached hydrogens (tertiary/aromatic N) is 1. The Hall–Kier alpha value is -1.50. The van der Waals surface area contributed by atoms with E-state index in [9.17, 15) is 9.59 Å². The average molecular weight is 202 g/mol. The number of H-pyrrole nitrogens is 1. The van der Waals surface area contributed by atoms with Gasteiger partial charge >= 0.3 is 5.97 Å². The molecule has 0 unspecified atom stereocenters. The molecule has 0 fully saturated rings. The summed E-state index contributed by atoms with van der Waals surface area (Å²) in [7, 11) is 0. The highest BCUT2D eigenvalue weighted by atomic mass is 32.2. The maximum atomic E-state index is 10.8. The molecule has 0 aliphatic rings. The predicted molar refractivity (Wildman–Crippen MR) is 44.9 cm³/mol. The van der Waals surface area contributed by atoms with E-state index < -0.39 is 17.3 Å². The van der Waals surface area contributed by atoms with Crippen LogP contribution in [0.3, 0.4) is 0 Å². The summed E-state index contributed by atoms with van der Waals surface area (Å²) in [6.45, 7) is 0. The SMILES string of the molecule is O=C(O)CSc1ncc(O)c(=O)[nH]1. The first-order valence-corrected chi connectivity index (χ1v) is 4.21. The van der Waals surface area contributed by atoms with Gasteiger partial charge in [0.05, 0.1) is 11.9 Å². The molecule has 0 saturated carbocycles. The number of rotatable bonds is 3. The number of hydrogen-bond donors (Lipinski definition) is 3. The number of aromatic nitrogens is 2. The lowest BCUT2D eigenvalue weighted by molar-refractivity contribution is -0.133. The highest BCUT2D eigenvalue weighted by Gasteiger charge is 2.03. The Morgan fingerprint density at radius 3 is 2.92 bits per heavy atom. The maximum absolute atomic E-state index is 10.8. The summed E-state index contributed by atoms with van der Waals surface area (Å²) in [6.07, 6.45) is 0.975. The van der Waals surface area contributed by atoms with Gasteiger partial charge in [-0.3, -0.25) is 14.6 Å². The van der Waals surface area contributed by atoms with Gasteiger partial charge in [-0.2, -0.15) is 0 Å². The van der Waals surface area contributed by atoms with Crippen molar-refractivity contribution in [3.8, 4) is 5.75 Å². The molecule has 70 valence electrons. The Morgan fingerprint density at radius 2 is 2.38 bits per heavy atom. The smallest absolute Gasteiger partial charge is 0.313 e. The average Bonchev–Trinajstić information content (AvgIpc) is 2.07. The summed E-state index contributed by atoms with van der Waals surface area (Å²) < 4.78 is 0. The van der Waals surface area contributed by atoms with Crippen molar-refractivity contribution < 1.29 is 15.0 Å². The molecule has 13 heavy (non-hydrogen) atoms. The Labute approximate surface area is 76.6 Å². The second-order valence-corrected chi connectivity index (χ2v) is 3.05. The van der Waals surface area contributed by atoms with Gasteiger partial charge in [-0.15, -0.1) is 0 Å². The number of carboxylic acid groups (broad SMARTS) is 1. The number of carboxylic acids is 1. The molecule has 1 aromatic heterocycles. The minimum atomic E-state index is -0.999. The van der Waals surface area contributed by atoms with Crippen LogP contribution in [0.25, 0.3) is 0 Å². The van der Waals surface area contributed by atoms with E-state index in [-0.39, 0.29) is 10.9 Å². The second kappa shape index (κ2) is 3.94. The standard InChI is InChI=1S/C6H6N2O4S/c9-3-1-7-6(8-5(3)12)13-2-4(10)11/h1,9H,2H2,(H,10,11)(H,7,8,12). The number of aromatic amines is 1. The van der Waals surface area contributed by atoms with E-state index in [1.54, 1.807) is 0 Å². The largest absolute Gasteiger partial charge is 0.502 e. The molecule has 0 spiro atoms. The minimum Gasteiger partial charge on any atom is -0.502 e. The Bertz CT molecular complexity index is 375. The predicted octanol–water partition coefficient (Wildman–Crippen LogP) is -0.348. The van der Waals surface area contributed by atoms with Crippen molar-refractivity contribution in [2.75, 3.05) is 5.75 Å². The fourth-order valence-corrected chi connectivity index (χ4v) is 1.13. The van der Waals surface area contributed by atoms with E-state index in [0.717, 1.165) is 18.0 Å². The molecule has 7 heteroatoms. The van der Waals surface area contributed by atoms with E-state index in [0.29, 0.717) is 0 Å². The molecule has 1 rings (SSSR count). The zero-order valence-electron chi connectivity index (χ0n) is 6.35. The number of hydrogen-bond acceptors (Lipinski definition) is 5. The first-order valence-electron chi connectivity index (χ1n) is 3.22. The van der Waals surface area contributed by atoms with E-state index in [4.69, 9.17) is 10.2 Å². The monoisotopic (exact) mass is 202 g/mol. The first-order chi connectivity index (χ1) is 6.09. The van der Waals surface area contributed by atoms with Crippen LogP contribution in [0.4, 0.5) is 0 Å². The van der Waals surface area contributed by atoms with Gasteiger partial charge in [-0.1, -0.05) is 11.8 Å². The second-order valence-electron chi connectivity index (χ2n) is 2.09. The van der Waals surface area contributed by atoms with Crippen molar-refractivity contribution in [2.45, 2.75) is 5.16 Å². The molecular formula is C6H6N2O4S. The molecule has 0 aliphatic carbocycles. The number of carbonyl (C=O) groups is 1. The molecule has 0 atom stereocenters. The molecule has 0 bridgehead atoms. The molecule has 0 aliphatic heterocycles. The molecular weight excluding hydrogens is 196 g/mol. The normalized spacial score (nSPS) is 9.85. The number of nitrogens with one attached hydrogen (secondary N) is 1. The number of aliphatic carboxylic acids is 1. The van der Waals surface area contributed by atoms with E-state index in [1.807, 2.05) is 0 Å². The quantitative estimate of drug-likeness (QED) is 0.457. The van der Waals surface area contributed by atoms with Crippen LogP contribution in [0.5, 0.6) is 5.75 Å². The minimum absolute atomic E-state index is 0.171. The van der Waals surface area contributed by atoms with E-state index >= 15 is 0 Å². The summed E-state index contributed by atoms with van der Waals surface area (Å²) in [6, 6.07) is 0. The molecule has 3 N–H and O–H groups in total. The molecule has 0 amide bonds. The molecule has 0 aromatic carbocycles. The van der Waals surface area contributed by atoms with Crippen LogP contribution in [0.2, 0.25) is 0 Å². The van der Waals surface area contributed by atoms with Crippen LogP contribution in [0.15, 0.2) is 16.1 Å². The lowest BCUT2D eigenvalue weighted by Gasteiger charge is -1.96. The number of thioether (sulfide) groups is 1. The Balaban J connectivity index is 2.74. The van der Waals surface area contributed by atoms with Gasteiger partial charge in [0, 0.05) is 0 Å². The Morgan fingerprint density at radius 1 is 1.69 bits per heavy atom. The molecule has 1 aromatic rings. The third-order valence-corrected chi connectivity index (χ3v) is 1.96. The van der Waals surface area contributed by atoms with Crippen molar-refractivity contribution in [1.29, 1.82) is 0 Å². The van der Waals surface area contributed by atoms with Crippen LogP contribution in [0, 0.1) is 0 Å². The highest BCUT2D eigenvalue weighted by Crippen LogP contribution is 2.10. The van der Waals surface area contributed by atoms with Crippen molar-refractivity contribution in [3.05, 3.63) is 16.6 Å². The summed E-state index contributed by atoms with van der Waals surface area (Å²) in [4.78, 5) is 26.7. The maximum Gasteiger partial charge on any atom is 0.313 e. The van der Waals surface area contributed by atoms with Gasteiger partial charge in [0.15, 0.2) is 10.9 Å². The number of aromatic hydroxyl groups is 1. The van der Waals surface area contributed by atoms with Crippen molar-refractivity contribution in [2.24, 2.45) is 0 Å². The van der Waals surface area contributed by atoms with Crippen LogP contribution in [-0.2, 0) is 4.79 Å². The van der Waals surface area contributed by atoms with E-state index in [2.05, 4.69) is 9.97 Å². The molecule has 0 radical (unpaired) electrons. The topological polar surface area (TPSA) is 103 Å². The highest BCUT2D eigenvalue weighted by molar-refractivity contribution is 7.99. The van der Waals surface area contributed by atoms with E-state index in [1.165, 1.54) is 0 Å². The molecule has 0 saturated heterocycles. The van der Waals surface area contributed by atoms with Gasteiger partial charge in [-0.25, -0.2) is 4.98 Å². The van der Waals surface area contributed by atoms with Crippen molar-refractivity contribution >= 4 is 17.7 Å². The van der Waals surface area contributed by atoms with Crippen molar-refractivity contribution in [1.82, 2.24) is 9.97 Å². The first kappa shape index (κ1) is 9.59. The zero-order valence-corrected chi connectivity index (χ0v) is 7.17. The summed E-state index contributed by atoms with van der Waals surface area (Å²) in [5.74, 6) is -1.67. The molecule has 6 nitrogen and oxygen atoms in total. The van der Waals surface area contributed by atoms with Gasteiger partial charge in [0.25, 0.3) is 5.56 Å². The summed E-state index contributed by atoms with van der Waals surface area (Å²) in [5, 5.41) is 17.3. The molecule has 1 heterocycles. The van der Waals surface area contributed by atoms with Crippen molar-refractivity contribution in [3.63, 3.8) is 0 Å². The third kappa shape index (κ3) is 2.79. The fourth-order valence-electron chi connectivity index (χ4n) is 0.575. The van der Waals surface area contributed by atoms with Gasteiger partial charge in [0.2, 0.25) is 0 Å². The lowest BCUT2D eigenvalue weighted by atomic mass is 10.6. The zero-order chi connectivity index (χ0) is 9.84. The van der Waals surface area contributed by atoms with Gasteiger partial charge < -0.3 is 10.2 Å².